The number of hydrogen-bond donors (Lipinski definition) is 1. The third kappa shape index (κ3) is 4.55. The summed E-state index contributed by atoms with van der Waals surface area (Å²) in [6, 6.07) is 9.72. The lowest BCUT2D eigenvalue weighted by Crippen LogP contribution is -2.34. The van der Waals surface area contributed by atoms with E-state index in [2.05, 4.69) is 55.4 Å². The van der Waals surface area contributed by atoms with Gasteiger partial charge >= 0.3 is 0 Å². The van der Waals surface area contributed by atoms with Gasteiger partial charge in [-0.25, -0.2) is 0 Å². The van der Waals surface area contributed by atoms with Crippen LogP contribution in [0, 0.1) is 0 Å². The molecular formula is C19H32N2. The maximum atomic E-state index is 3.56. The average Bonchev–Trinajstić information content (AvgIpc) is 2.54. The van der Waals surface area contributed by atoms with E-state index in [1.54, 1.807) is 11.1 Å². The predicted octanol–water partition coefficient (Wildman–Crippen LogP) is 3.82. The van der Waals surface area contributed by atoms with Crippen LogP contribution >= 0.6 is 0 Å². The molecule has 0 radical (unpaired) electrons. The molecule has 2 heteroatoms. The van der Waals surface area contributed by atoms with E-state index in [9.17, 15) is 0 Å². The summed E-state index contributed by atoms with van der Waals surface area (Å²) in [6.07, 6.45) is 6.54. The third-order valence-corrected chi connectivity index (χ3v) is 5.16. The van der Waals surface area contributed by atoms with E-state index in [0.717, 1.165) is 5.92 Å². The zero-order valence-electron chi connectivity index (χ0n) is 14.1. The highest BCUT2D eigenvalue weighted by molar-refractivity contribution is 5.32. The summed E-state index contributed by atoms with van der Waals surface area (Å²) in [6.45, 7) is 8.07. The summed E-state index contributed by atoms with van der Waals surface area (Å²) in [5, 5.41) is 3.56. The summed E-state index contributed by atoms with van der Waals surface area (Å²) in [5.74, 6) is 0.754. The van der Waals surface area contributed by atoms with Gasteiger partial charge in [-0.15, -0.1) is 0 Å². The summed E-state index contributed by atoms with van der Waals surface area (Å²) >= 11 is 0. The molecule has 0 aromatic heterocycles. The van der Waals surface area contributed by atoms with Crippen molar-refractivity contribution in [3.8, 4) is 0 Å². The van der Waals surface area contributed by atoms with E-state index in [0.29, 0.717) is 6.04 Å². The maximum absolute atomic E-state index is 3.56. The van der Waals surface area contributed by atoms with E-state index in [4.69, 9.17) is 0 Å². The van der Waals surface area contributed by atoms with Crippen molar-refractivity contribution in [3.05, 3.63) is 35.4 Å². The van der Waals surface area contributed by atoms with Gasteiger partial charge in [0.15, 0.2) is 0 Å². The molecule has 2 unspecified atom stereocenters. The van der Waals surface area contributed by atoms with Crippen molar-refractivity contribution in [1.82, 2.24) is 10.2 Å². The van der Waals surface area contributed by atoms with Crippen molar-refractivity contribution in [3.63, 3.8) is 0 Å². The van der Waals surface area contributed by atoms with Gasteiger partial charge in [0.25, 0.3) is 0 Å². The highest BCUT2D eigenvalue weighted by atomic mass is 15.1. The second kappa shape index (κ2) is 8.55. The molecule has 1 aromatic carbocycles. The summed E-state index contributed by atoms with van der Waals surface area (Å²) in [5.41, 5.74) is 3.21. The van der Waals surface area contributed by atoms with Gasteiger partial charge in [0, 0.05) is 6.04 Å². The molecule has 1 N–H and O–H groups in total. The second-order valence-corrected chi connectivity index (χ2v) is 6.32. The molecule has 0 saturated carbocycles. The molecule has 0 fully saturated rings. The minimum absolute atomic E-state index is 0.641. The lowest BCUT2D eigenvalue weighted by molar-refractivity contribution is 0.275. The molecule has 21 heavy (non-hydrogen) atoms. The van der Waals surface area contributed by atoms with Crippen LogP contribution in [0.3, 0.4) is 0 Å². The van der Waals surface area contributed by atoms with Crippen LogP contribution < -0.4 is 5.32 Å². The smallest absolute Gasteiger partial charge is 0.00820 e. The number of nitrogens with one attached hydrogen (secondary N) is 1. The minimum Gasteiger partial charge on any atom is -0.317 e. The number of nitrogens with zero attached hydrogens (tertiary/aromatic N) is 1. The number of benzene rings is 1. The Kier molecular flexibility index (Phi) is 6.72. The summed E-state index contributed by atoms with van der Waals surface area (Å²) in [7, 11) is 2.13. The van der Waals surface area contributed by atoms with Gasteiger partial charge in [0.1, 0.15) is 0 Å². The Bertz CT molecular complexity index is 412. The fourth-order valence-electron chi connectivity index (χ4n) is 3.70. The number of rotatable bonds is 8. The first-order chi connectivity index (χ1) is 10.3. The van der Waals surface area contributed by atoms with Crippen LogP contribution in [0.2, 0.25) is 0 Å². The van der Waals surface area contributed by atoms with Crippen LogP contribution in [0.4, 0.5) is 0 Å². The number of hydrogen-bond acceptors (Lipinski definition) is 2. The van der Waals surface area contributed by atoms with E-state index in [-0.39, 0.29) is 0 Å². The largest absolute Gasteiger partial charge is 0.317 e. The molecule has 1 aliphatic rings. The van der Waals surface area contributed by atoms with Crippen molar-refractivity contribution in [2.45, 2.75) is 57.9 Å². The Hall–Kier alpha value is -0.860. The first kappa shape index (κ1) is 16.5. The van der Waals surface area contributed by atoms with Gasteiger partial charge in [0.2, 0.25) is 0 Å². The van der Waals surface area contributed by atoms with Crippen LogP contribution in [0.25, 0.3) is 0 Å². The van der Waals surface area contributed by atoms with Crippen LogP contribution in [-0.4, -0.2) is 37.6 Å². The zero-order chi connectivity index (χ0) is 15.1. The van der Waals surface area contributed by atoms with E-state index in [1.807, 2.05) is 0 Å². The van der Waals surface area contributed by atoms with Gasteiger partial charge in [-0.3, -0.25) is 0 Å². The number of aryl methyl sites for hydroxylation is 1. The molecule has 0 heterocycles. The van der Waals surface area contributed by atoms with E-state index in [1.165, 1.54) is 51.7 Å². The Morgan fingerprint density at radius 2 is 2.00 bits per heavy atom. The molecule has 0 saturated heterocycles. The SMILES string of the molecule is CCN(CC)CCC(CC1CCCc2ccccc21)NC. The average molecular weight is 288 g/mol. The molecule has 0 amide bonds. The zero-order valence-corrected chi connectivity index (χ0v) is 14.1. The Balaban J connectivity index is 1.93. The highest BCUT2D eigenvalue weighted by Gasteiger charge is 2.22. The van der Waals surface area contributed by atoms with Crippen LogP contribution in [0.5, 0.6) is 0 Å². The van der Waals surface area contributed by atoms with Gasteiger partial charge in [-0.1, -0.05) is 38.1 Å². The molecule has 1 aromatic rings. The summed E-state index contributed by atoms with van der Waals surface area (Å²) in [4.78, 5) is 2.53. The van der Waals surface area contributed by atoms with Crippen molar-refractivity contribution >= 4 is 0 Å². The van der Waals surface area contributed by atoms with Crippen LogP contribution in [0.15, 0.2) is 24.3 Å². The molecule has 118 valence electrons. The molecule has 2 rings (SSSR count). The quantitative estimate of drug-likeness (QED) is 0.782. The molecule has 0 aliphatic heterocycles. The highest BCUT2D eigenvalue weighted by Crippen LogP contribution is 2.34. The van der Waals surface area contributed by atoms with Gasteiger partial charge in [-0.05, 0) is 75.8 Å². The van der Waals surface area contributed by atoms with Crippen molar-refractivity contribution in [2.75, 3.05) is 26.7 Å². The van der Waals surface area contributed by atoms with Gasteiger partial charge < -0.3 is 10.2 Å². The van der Waals surface area contributed by atoms with Gasteiger partial charge in [0.05, 0.1) is 0 Å². The van der Waals surface area contributed by atoms with Crippen molar-refractivity contribution < 1.29 is 0 Å². The Labute approximate surface area is 130 Å². The normalized spacial score (nSPS) is 19.5. The maximum Gasteiger partial charge on any atom is 0.00820 e. The fourth-order valence-corrected chi connectivity index (χ4v) is 3.70. The molecule has 0 bridgehead atoms. The van der Waals surface area contributed by atoms with E-state index >= 15 is 0 Å². The predicted molar refractivity (Wildman–Crippen MR) is 92.0 cm³/mol. The van der Waals surface area contributed by atoms with Crippen molar-refractivity contribution in [2.24, 2.45) is 0 Å². The molecule has 0 spiro atoms. The monoisotopic (exact) mass is 288 g/mol. The van der Waals surface area contributed by atoms with Crippen molar-refractivity contribution in [1.29, 1.82) is 0 Å². The Morgan fingerprint density at radius 3 is 2.71 bits per heavy atom. The minimum atomic E-state index is 0.641. The molecule has 2 nitrogen and oxygen atoms in total. The van der Waals surface area contributed by atoms with Crippen LogP contribution in [-0.2, 0) is 6.42 Å². The topological polar surface area (TPSA) is 15.3 Å². The molecule has 1 aliphatic carbocycles. The first-order valence-corrected chi connectivity index (χ1v) is 8.75. The molecule has 2 atom stereocenters. The fraction of sp³-hybridized carbons (Fsp3) is 0.684. The Morgan fingerprint density at radius 1 is 1.24 bits per heavy atom. The number of fused-ring (bicyclic) bond motifs is 1. The summed E-state index contributed by atoms with van der Waals surface area (Å²) < 4.78 is 0. The van der Waals surface area contributed by atoms with Gasteiger partial charge in [-0.2, -0.15) is 0 Å². The standard InChI is InChI=1S/C19H32N2/c1-4-21(5-2)14-13-18(20-3)15-17-11-8-10-16-9-6-7-12-19(16)17/h6-7,9,12,17-18,20H,4-5,8,10-11,13-15H2,1-3H3. The van der Waals surface area contributed by atoms with E-state index < -0.39 is 0 Å². The third-order valence-electron chi connectivity index (χ3n) is 5.16. The first-order valence-electron chi connectivity index (χ1n) is 8.75. The lowest BCUT2D eigenvalue weighted by atomic mass is 9.79. The molecular weight excluding hydrogens is 256 g/mol. The second-order valence-electron chi connectivity index (χ2n) is 6.32. The van der Waals surface area contributed by atoms with Crippen LogP contribution in [0.1, 0.15) is 56.6 Å². The lowest BCUT2D eigenvalue weighted by Gasteiger charge is -2.30.